The minimum Gasteiger partial charge on any atom is -0.487 e. The van der Waals surface area contributed by atoms with Crippen molar-refractivity contribution < 1.29 is 9.84 Å². The van der Waals surface area contributed by atoms with Crippen molar-refractivity contribution in [1.29, 1.82) is 0 Å². The van der Waals surface area contributed by atoms with Gasteiger partial charge in [0.25, 0.3) is 5.56 Å². The summed E-state index contributed by atoms with van der Waals surface area (Å²) in [5, 5.41) is 14.2. The zero-order valence-electron chi connectivity index (χ0n) is 16.3. The molecule has 5 rings (SSSR count). The molecule has 0 aliphatic carbocycles. The van der Waals surface area contributed by atoms with Gasteiger partial charge in [-0.15, -0.1) is 0 Å². The summed E-state index contributed by atoms with van der Waals surface area (Å²) in [6, 6.07) is 7.78. The Labute approximate surface area is 167 Å². The summed E-state index contributed by atoms with van der Waals surface area (Å²) in [7, 11) is 0. The molecule has 1 aromatic carbocycles. The van der Waals surface area contributed by atoms with Crippen molar-refractivity contribution in [1.82, 2.24) is 19.7 Å². The van der Waals surface area contributed by atoms with Crippen LogP contribution in [0.25, 0.3) is 0 Å². The average Bonchev–Trinajstić information content (AvgIpc) is 3.00. The van der Waals surface area contributed by atoms with Crippen LogP contribution in [0.4, 0.5) is 5.95 Å². The number of hydrogen-bond acceptors (Lipinski definition) is 6. The highest BCUT2D eigenvalue weighted by Crippen LogP contribution is 2.28. The largest absolute Gasteiger partial charge is 0.487 e. The van der Waals surface area contributed by atoms with E-state index in [4.69, 9.17) is 9.72 Å². The van der Waals surface area contributed by atoms with Crippen LogP contribution in [0.1, 0.15) is 40.7 Å². The zero-order valence-corrected chi connectivity index (χ0v) is 16.3. The molecule has 2 aliphatic rings. The van der Waals surface area contributed by atoms with Crippen LogP contribution >= 0.6 is 0 Å². The Morgan fingerprint density at radius 2 is 2.14 bits per heavy atom. The van der Waals surface area contributed by atoms with Gasteiger partial charge in [-0.2, -0.15) is 5.10 Å². The van der Waals surface area contributed by atoms with E-state index < -0.39 is 0 Å². The van der Waals surface area contributed by atoms with Gasteiger partial charge >= 0.3 is 0 Å². The third-order valence-electron chi connectivity index (χ3n) is 5.76. The SMILES string of the molecule is CCn1nc(CO)c2c1CCN(c1nc3c(c(=O)[nH]1)Cc1ccccc1OC3)C2. The second kappa shape index (κ2) is 7.04. The lowest BCUT2D eigenvalue weighted by Gasteiger charge is -2.28. The van der Waals surface area contributed by atoms with Gasteiger partial charge in [-0.25, -0.2) is 4.98 Å². The average molecular weight is 393 g/mol. The van der Waals surface area contributed by atoms with Crippen molar-refractivity contribution in [2.45, 2.75) is 46.1 Å². The molecule has 0 spiro atoms. The van der Waals surface area contributed by atoms with Crippen molar-refractivity contribution in [2.75, 3.05) is 11.4 Å². The topological polar surface area (TPSA) is 96.3 Å². The zero-order chi connectivity index (χ0) is 20.0. The van der Waals surface area contributed by atoms with Gasteiger partial charge in [-0.05, 0) is 18.6 Å². The number of hydrogen-bond donors (Lipinski definition) is 2. The molecule has 29 heavy (non-hydrogen) atoms. The molecule has 0 atom stereocenters. The van der Waals surface area contributed by atoms with Crippen molar-refractivity contribution in [2.24, 2.45) is 0 Å². The summed E-state index contributed by atoms with van der Waals surface area (Å²) in [5.74, 6) is 1.34. The molecule has 8 nitrogen and oxygen atoms in total. The smallest absolute Gasteiger partial charge is 0.256 e. The molecule has 0 saturated heterocycles. The van der Waals surface area contributed by atoms with Crippen LogP contribution < -0.4 is 15.2 Å². The van der Waals surface area contributed by atoms with Gasteiger partial charge < -0.3 is 14.7 Å². The number of aryl methyl sites for hydroxylation is 1. The lowest BCUT2D eigenvalue weighted by atomic mass is 10.0. The van der Waals surface area contributed by atoms with Crippen molar-refractivity contribution in [3.05, 3.63) is 68.4 Å². The van der Waals surface area contributed by atoms with Crippen LogP contribution in [-0.2, 0) is 39.1 Å². The van der Waals surface area contributed by atoms with Gasteiger partial charge in [0.05, 0.1) is 18.0 Å². The number of fused-ring (bicyclic) bond motifs is 3. The molecule has 150 valence electrons. The lowest BCUT2D eigenvalue weighted by molar-refractivity contribution is 0.274. The number of para-hydroxylation sites is 1. The molecule has 2 N–H and O–H groups in total. The first-order valence-electron chi connectivity index (χ1n) is 9.94. The van der Waals surface area contributed by atoms with E-state index in [-0.39, 0.29) is 18.8 Å². The summed E-state index contributed by atoms with van der Waals surface area (Å²) >= 11 is 0. The molecule has 2 aromatic heterocycles. The van der Waals surface area contributed by atoms with E-state index in [1.165, 1.54) is 0 Å². The summed E-state index contributed by atoms with van der Waals surface area (Å²) in [6.45, 7) is 4.29. The number of aromatic amines is 1. The molecular formula is C21H23N5O3. The first-order valence-corrected chi connectivity index (χ1v) is 9.94. The summed E-state index contributed by atoms with van der Waals surface area (Å²) in [6.07, 6.45) is 1.30. The van der Waals surface area contributed by atoms with Crippen LogP contribution in [0.3, 0.4) is 0 Å². The van der Waals surface area contributed by atoms with E-state index in [0.29, 0.717) is 35.9 Å². The Bertz CT molecular complexity index is 1130. The van der Waals surface area contributed by atoms with Crippen LogP contribution in [0.15, 0.2) is 29.1 Å². The molecule has 0 bridgehead atoms. The number of nitrogens with one attached hydrogen (secondary N) is 1. The summed E-state index contributed by atoms with van der Waals surface area (Å²) < 4.78 is 7.86. The van der Waals surface area contributed by atoms with E-state index >= 15 is 0 Å². The highest BCUT2D eigenvalue weighted by Gasteiger charge is 2.27. The number of benzene rings is 1. The van der Waals surface area contributed by atoms with Crippen molar-refractivity contribution >= 4 is 5.95 Å². The van der Waals surface area contributed by atoms with Gasteiger partial charge in [-0.3, -0.25) is 14.5 Å². The minimum atomic E-state index is -0.122. The van der Waals surface area contributed by atoms with Crippen molar-refractivity contribution in [3.8, 4) is 5.75 Å². The van der Waals surface area contributed by atoms with E-state index in [2.05, 4.69) is 10.1 Å². The molecule has 3 aromatic rings. The van der Waals surface area contributed by atoms with Crippen molar-refractivity contribution in [3.63, 3.8) is 0 Å². The third kappa shape index (κ3) is 3.00. The number of nitrogens with zero attached hydrogens (tertiary/aromatic N) is 4. The number of anilines is 1. The molecule has 0 fully saturated rings. The van der Waals surface area contributed by atoms with Gasteiger partial charge in [0, 0.05) is 49.3 Å². The molecular weight excluding hydrogens is 370 g/mol. The second-order valence-electron chi connectivity index (χ2n) is 7.41. The fourth-order valence-corrected chi connectivity index (χ4v) is 4.24. The number of aliphatic hydroxyl groups excluding tert-OH is 1. The predicted octanol–water partition coefficient (Wildman–Crippen LogP) is 1.52. The minimum absolute atomic E-state index is 0.0938. The first kappa shape index (κ1) is 17.9. The Hall–Kier alpha value is -3.13. The molecule has 2 aliphatic heterocycles. The Balaban J connectivity index is 1.49. The van der Waals surface area contributed by atoms with E-state index in [1.54, 1.807) is 0 Å². The molecule has 8 heteroatoms. The maximum absolute atomic E-state index is 12.9. The van der Waals surface area contributed by atoms with E-state index in [0.717, 1.165) is 42.1 Å². The molecule has 0 saturated carbocycles. The number of rotatable bonds is 3. The van der Waals surface area contributed by atoms with Gasteiger partial charge in [-0.1, -0.05) is 18.2 Å². The van der Waals surface area contributed by atoms with E-state index in [9.17, 15) is 9.90 Å². The number of ether oxygens (including phenoxy) is 1. The molecule has 4 heterocycles. The lowest BCUT2D eigenvalue weighted by Crippen LogP contribution is -2.35. The highest BCUT2D eigenvalue weighted by molar-refractivity contribution is 5.44. The summed E-state index contributed by atoms with van der Waals surface area (Å²) in [4.78, 5) is 22.6. The third-order valence-corrected chi connectivity index (χ3v) is 5.76. The van der Waals surface area contributed by atoms with Crippen LogP contribution in [0.5, 0.6) is 5.75 Å². The highest BCUT2D eigenvalue weighted by atomic mass is 16.5. The van der Waals surface area contributed by atoms with E-state index in [1.807, 2.05) is 40.8 Å². The number of aliphatic hydroxyl groups is 1. The molecule has 0 amide bonds. The number of aromatic nitrogens is 4. The van der Waals surface area contributed by atoms with Gasteiger partial charge in [0.2, 0.25) is 5.95 Å². The van der Waals surface area contributed by atoms with Crippen LogP contribution in [-0.4, -0.2) is 31.4 Å². The first-order chi connectivity index (χ1) is 14.2. The van der Waals surface area contributed by atoms with Crippen LogP contribution in [0, 0.1) is 0 Å². The maximum atomic E-state index is 12.9. The quantitative estimate of drug-likeness (QED) is 0.701. The van der Waals surface area contributed by atoms with Gasteiger partial charge in [0.1, 0.15) is 12.4 Å². The summed E-state index contributed by atoms with van der Waals surface area (Å²) in [5.41, 5.74) is 5.09. The second-order valence-corrected chi connectivity index (χ2v) is 7.41. The van der Waals surface area contributed by atoms with Crippen LogP contribution in [0.2, 0.25) is 0 Å². The normalized spacial score (nSPS) is 15.2. The Kier molecular flexibility index (Phi) is 4.35. The Morgan fingerprint density at radius 3 is 2.97 bits per heavy atom. The fourth-order valence-electron chi connectivity index (χ4n) is 4.24. The predicted molar refractivity (Wildman–Crippen MR) is 107 cm³/mol. The number of H-pyrrole nitrogens is 1. The Morgan fingerprint density at radius 1 is 1.28 bits per heavy atom. The monoisotopic (exact) mass is 393 g/mol. The maximum Gasteiger partial charge on any atom is 0.256 e. The van der Waals surface area contributed by atoms with Gasteiger partial charge in [0.15, 0.2) is 0 Å². The standard InChI is InChI=1S/C21H23N5O3/c1-2-26-18-7-8-25(10-15(18)16(11-27)24-26)21-22-17-12-29-19-6-4-3-5-13(19)9-14(17)20(28)23-21/h3-6,27H,2,7-12H2,1H3,(H,22,23,28). The fraction of sp³-hybridized carbons (Fsp3) is 0.381. The molecule has 0 radical (unpaired) electrons. The molecule has 0 unspecified atom stereocenters.